The number of benzene rings is 10. The molecule has 0 bridgehead atoms. The SMILES string of the molecule is CC1(C)c2ccccc2-c2ccc(N(c3ccc4c(c3)C3(c5ccccc5-4)c4ccccc4C(c4ccccc4)(c4ccccc4)c4ccccc43)c3cccc4oc5ccccc5c34)cc21. The van der Waals surface area contributed by atoms with Crippen molar-refractivity contribution in [3.63, 3.8) is 0 Å². The van der Waals surface area contributed by atoms with Crippen LogP contribution in [0.3, 0.4) is 0 Å². The molecule has 0 atom stereocenters. The van der Waals surface area contributed by atoms with Crippen molar-refractivity contribution < 1.29 is 4.42 Å². The van der Waals surface area contributed by atoms with Gasteiger partial charge in [-0.2, -0.15) is 0 Å². The van der Waals surface area contributed by atoms with Gasteiger partial charge in [0.15, 0.2) is 0 Å². The van der Waals surface area contributed by atoms with E-state index in [9.17, 15) is 0 Å². The Morgan fingerprint density at radius 3 is 1.40 bits per heavy atom. The molecule has 1 aromatic heterocycles. The van der Waals surface area contributed by atoms with Crippen LogP contribution in [-0.2, 0) is 16.2 Å². The molecule has 67 heavy (non-hydrogen) atoms. The monoisotopic (exact) mass is 855 g/mol. The Labute approximate surface area is 391 Å². The minimum Gasteiger partial charge on any atom is -0.456 e. The summed E-state index contributed by atoms with van der Waals surface area (Å²) in [5, 5.41) is 2.20. The molecule has 0 aliphatic heterocycles. The third kappa shape index (κ3) is 4.94. The molecule has 3 aliphatic rings. The Morgan fingerprint density at radius 1 is 0.328 bits per heavy atom. The highest BCUT2D eigenvalue weighted by Crippen LogP contribution is 2.65. The molecule has 316 valence electrons. The van der Waals surface area contributed by atoms with Gasteiger partial charge in [-0.15, -0.1) is 0 Å². The average Bonchev–Trinajstić information content (AvgIpc) is 3.99. The van der Waals surface area contributed by atoms with E-state index in [-0.39, 0.29) is 5.41 Å². The van der Waals surface area contributed by atoms with Crippen LogP contribution in [-0.4, -0.2) is 0 Å². The second-order valence-corrected chi connectivity index (χ2v) is 19.1. The van der Waals surface area contributed by atoms with Crippen molar-refractivity contribution in [1.29, 1.82) is 0 Å². The molecular formula is C65H45NO. The molecule has 0 N–H and O–H groups in total. The van der Waals surface area contributed by atoms with Crippen LogP contribution in [0.1, 0.15) is 69.5 Å². The first-order valence-electron chi connectivity index (χ1n) is 23.5. The first-order valence-corrected chi connectivity index (χ1v) is 23.5. The van der Waals surface area contributed by atoms with Crippen molar-refractivity contribution in [3.8, 4) is 22.3 Å². The molecule has 0 radical (unpaired) electrons. The molecule has 3 aliphatic carbocycles. The molecule has 1 spiro atoms. The van der Waals surface area contributed by atoms with Gasteiger partial charge in [-0.1, -0.05) is 208 Å². The smallest absolute Gasteiger partial charge is 0.137 e. The maximum absolute atomic E-state index is 6.61. The lowest BCUT2D eigenvalue weighted by Crippen LogP contribution is -2.44. The third-order valence-corrected chi connectivity index (χ3v) is 15.6. The fraction of sp³-hybridized carbons (Fsp3) is 0.0769. The molecule has 0 fully saturated rings. The lowest BCUT2D eigenvalue weighted by Gasteiger charge is -2.50. The summed E-state index contributed by atoms with van der Waals surface area (Å²) in [4.78, 5) is 2.50. The lowest BCUT2D eigenvalue weighted by molar-refractivity contribution is 0.623. The summed E-state index contributed by atoms with van der Waals surface area (Å²) in [5.41, 5.74) is 21.8. The molecule has 2 nitrogen and oxygen atoms in total. The highest BCUT2D eigenvalue weighted by Gasteiger charge is 2.56. The molecule has 0 unspecified atom stereocenters. The highest BCUT2D eigenvalue weighted by molar-refractivity contribution is 6.13. The predicted molar refractivity (Wildman–Crippen MR) is 275 cm³/mol. The quantitative estimate of drug-likeness (QED) is 0.171. The standard InChI is InChI=1S/C65H45NO/c1-63(2)51-27-12-9-24-46(51)48-38-36-44(40-57(48)63)66(59-33-19-35-61-62(59)50-26-11-18-34-60(50)67-61)45-37-39-49-47-25-10-13-28-52(47)65(58(49)41-45)55-31-16-14-29-53(55)64(42-20-5-3-6-21-42,43-22-7-4-8-23-43)54-30-15-17-32-56(54)65/h3-41H,1-2H3. The van der Waals surface area contributed by atoms with E-state index in [0.717, 1.165) is 39.0 Å². The van der Waals surface area contributed by atoms with E-state index in [1.54, 1.807) is 0 Å². The third-order valence-electron chi connectivity index (χ3n) is 15.6. The Bertz CT molecular complexity index is 3710. The summed E-state index contributed by atoms with van der Waals surface area (Å²) >= 11 is 0. The van der Waals surface area contributed by atoms with Crippen molar-refractivity contribution >= 4 is 39.0 Å². The number of anilines is 3. The molecule has 2 heteroatoms. The second kappa shape index (κ2) is 13.9. The van der Waals surface area contributed by atoms with Crippen LogP contribution < -0.4 is 4.90 Å². The first-order chi connectivity index (χ1) is 33.0. The first kappa shape index (κ1) is 38.1. The van der Waals surface area contributed by atoms with E-state index in [1.807, 2.05) is 0 Å². The maximum atomic E-state index is 6.61. The number of hydrogen-bond acceptors (Lipinski definition) is 2. The fourth-order valence-electron chi connectivity index (χ4n) is 12.9. The van der Waals surface area contributed by atoms with Gasteiger partial charge in [0.2, 0.25) is 0 Å². The Kier molecular flexibility index (Phi) is 7.91. The van der Waals surface area contributed by atoms with Crippen LogP contribution in [0.4, 0.5) is 17.1 Å². The van der Waals surface area contributed by atoms with Gasteiger partial charge in [0.05, 0.1) is 21.9 Å². The minimum atomic E-state index is -0.635. The summed E-state index contributed by atoms with van der Waals surface area (Å²) < 4.78 is 6.61. The number of para-hydroxylation sites is 1. The van der Waals surface area contributed by atoms with Crippen molar-refractivity contribution in [2.24, 2.45) is 0 Å². The summed E-state index contributed by atoms with van der Waals surface area (Å²) in [5.74, 6) is 0. The van der Waals surface area contributed by atoms with Gasteiger partial charge in [-0.3, -0.25) is 0 Å². The number of fused-ring (bicyclic) bond motifs is 15. The summed E-state index contributed by atoms with van der Waals surface area (Å²) in [7, 11) is 0. The van der Waals surface area contributed by atoms with Crippen LogP contribution in [0, 0.1) is 0 Å². The molecule has 0 saturated carbocycles. The van der Waals surface area contributed by atoms with E-state index in [2.05, 4.69) is 255 Å². The second-order valence-electron chi connectivity index (χ2n) is 19.1. The average molecular weight is 856 g/mol. The van der Waals surface area contributed by atoms with Crippen molar-refractivity contribution in [2.45, 2.75) is 30.1 Å². The summed E-state index contributed by atoms with van der Waals surface area (Å²) in [6.07, 6.45) is 0. The van der Waals surface area contributed by atoms with E-state index in [1.165, 1.54) is 77.9 Å². The normalized spacial score (nSPS) is 15.1. The maximum Gasteiger partial charge on any atom is 0.137 e. The molecule has 0 amide bonds. The van der Waals surface area contributed by atoms with Gasteiger partial charge < -0.3 is 9.32 Å². The number of rotatable bonds is 5. The van der Waals surface area contributed by atoms with E-state index in [0.29, 0.717) is 0 Å². The van der Waals surface area contributed by atoms with Crippen molar-refractivity contribution in [3.05, 3.63) is 292 Å². The van der Waals surface area contributed by atoms with Crippen LogP contribution in [0.15, 0.2) is 241 Å². The van der Waals surface area contributed by atoms with Crippen LogP contribution in [0.5, 0.6) is 0 Å². The van der Waals surface area contributed by atoms with E-state index < -0.39 is 10.8 Å². The minimum absolute atomic E-state index is 0.175. The Hall–Kier alpha value is -8.20. The topological polar surface area (TPSA) is 16.4 Å². The fourth-order valence-corrected chi connectivity index (χ4v) is 12.9. The van der Waals surface area contributed by atoms with Crippen molar-refractivity contribution in [2.75, 3.05) is 4.90 Å². The number of nitrogens with zero attached hydrogens (tertiary/aromatic N) is 1. The Balaban J connectivity index is 1.08. The van der Waals surface area contributed by atoms with Crippen molar-refractivity contribution in [1.82, 2.24) is 0 Å². The Morgan fingerprint density at radius 2 is 0.776 bits per heavy atom. The van der Waals surface area contributed by atoms with Gasteiger partial charge in [0.1, 0.15) is 11.2 Å². The van der Waals surface area contributed by atoms with E-state index >= 15 is 0 Å². The zero-order valence-electron chi connectivity index (χ0n) is 37.4. The summed E-state index contributed by atoms with van der Waals surface area (Å²) in [6, 6.07) is 88.4. The molecular weight excluding hydrogens is 811 g/mol. The van der Waals surface area contributed by atoms with Gasteiger partial charge >= 0.3 is 0 Å². The highest BCUT2D eigenvalue weighted by atomic mass is 16.3. The largest absolute Gasteiger partial charge is 0.456 e. The van der Waals surface area contributed by atoms with Crippen LogP contribution in [0.25, 0.3) is 44.2 Å². The van der Waals surface area contributed by atoms with Gasteiger partial charge in [0.25, 0.3) is 0 Å². The molecule has 1 heterocycles. The predicted octanol–water partition coefficient (Wildman–Crippen LogP) is 16.4. The number of furan rings is 1. The zero-order valence-corrected chi connectivity index (χ0v) is 37.4. The van der Waals surface area contributed by atoms with Gasteiger partial charge in [-0.05, 0) is 120 Å². The molecule has 10 aromatic carbocycles. The van der Waals surface area contributed by atoms with E-state index in [4.69, 9.17) is 4.42 Å². The van der Waals surface area contributed by atoms with Crippen LogP contribution >= 0.6 is 0 Å². The van der Waals surface area contributed by atoms with Gasteiger partial charge in [0, 0.05) is 22.2 Å². The van der Waals surface area contributed by atoms with Crippen LogP contribution in [0.2, 0.25) is 0 Å². The van der Waals surface area contributed by atoms with Gasteiger partial charge in [-0.25, -0.2) is 0 Å². The number of hydrogen-bond donors (Lipinski definition) is 0. The summed E-state index contributed by atoms with van der Waals surface area (Å²) in [6.45, 7) is 4.74. The molecule has 14 rings (SSSR count). The molecule has 0 saturated heterocycles. The molecule has 11 aromatic rings. The zero-order chi connectivity index (χ0) is 44.5. The lowest BCUT2D eigenvalue weighted by atomic mass is 9.51.